The normalized spacial score (nSPS) is 12.3. The predicted molar refractivity (Wildman–Crippen MR) is 197 cm³/mol. The second-order valence-corrected chi connectivity index (χ2v) is 12.6. The van der Waals surface area contributed by atoms with Crippen molar-refractivity contribution in [3.63, 3.8) is 0 Å². The molecule has 0 aliphatic rings. The van der Waals surface area contributed by atoms with Crippen molar-refractivity contribution in [2.75, 3.05) is 0 Å². The molecule has 8 aromatic carbocycles. The number of hydrogen-bond donors (Lipinski definition) is 0. The van der Waals surface area contributed by atoms with Crippen molar-refractivity contribution in [2.45, 2.75) is 0 Å². The van der Waals surface area contributed by atoms with E-state index in [0.29, 0.717) is 0 Å². The molecule has 0 aliphatic heterocycles. The van der Waals surface area contributed by atoms with Gasteiger partial charge in [-0.3, -0.25) is 0 Å². The summed E-state index contributed by atoms with van der Waals surface area (Å²) in [5.41, 5.74) is 8.87. The average Bonchev–Trinajstić information content (AvgIpc) is 3.76. The molecule has 0 amide bonds. The van der Waals surface area contributed by atoms with Gasteiger partial charge in [-0.1, -0.05) is 91.0 Å². The molecular formula is C44H26N2O. The van der Waals surface area contributed by atoms with Crippen molar-refractivity contribution in [2.24, 2.45) is 0 Å². The highest BCUT2D eigenvalue weighted by molar-refractivity contribution is 6.25. The van der Waals surface area contributed by atoms with Gasteiger partial charge in [0, 0.05) is 43.7 Å². The average molecular weight is 599 g/mol. The molecule has 0 fully saturated rings. The maximum Gasteiger partial charge on any atom is 0.136 e. The van der Waals surface area contributed by atoms with Gasteiger partial charge < -0.3 is 13.6 Å². The Bertz CT molecular complexity index is 3070. The molecule has 0 atom stereocenters. The van der Waals surface area contributed by atoms with E-state index >= 15 is 0 Å². The Labute approximate surface area is 269 Å². The fraction of sp³-hybridized carbons (Fsp3) is 0. The van der Waals surface area contributed by atoms with E-state index < -0.39 is 0 Å². The summed E-state index contributed by atoms with van der Waals surface area (Å²) < 4.78 is 11.2. The Morgan fingerprint density at radius 1 is 0.319 bits per heavy atom. The van der Waals surface area contributed by atoms with Crippen LogP contribution in [-0.2, 0) is 0 Å². The topological polar surface area (TPSA) is 23.0 Å². The summed E-state index contributed by atoms with van der Waals surface area (Å²) in [6.07, 6.45) is 0. The highest BCUT2D eigenvalue weighted by Gasteiger charge is 2.20. The number of fused-ring (bicyclic) bond motifs is 12. The minimum absolute atomic E-state index is 0.901. The third-order valence-corrected chi connectivity index (χ3v) is 10.0. The van der Waals surface area contributed by atoms with Crippen molar-refractivity contribution in [3.05, 3.63) is 158 Å². The van der Waals surface area contributed by atoms with Crippen molar-refractivity contribution in [1.82, 2.24) is 9.13 Å². The Morgan fingerprint density at radius 3 is 1.87 bits per heavy atom. The van der Waals surface area contributed by atoms with Gasteiger partial charge >= 0.3 is 0 Å². The first-order valence-electron chi connectivity index (χ1n) is 16.1. The first-order valence-corrected chi connectivity index (χ1v) is 16.1. The lowest BCUT2D eigenvalue weighted by Crippen LogP contribution is -1.95. The fourth-order valence-electron chi connectivity index (χ4n) is 7.97. The molecule has 3 aromatic heterocycles. The molecule has 11 aromatic rings. The van der Waals surface area contributed by atoms with Crippen LogP contribution in [0.3, 0.4) is 0 Å². The number of benzene rings is 8. The maximum absolute atomic E-state index is 6.39. The van der Waals surface area contributed by atoms with Crippen molar-refractivity contribution < 1.29 is 4.42 Å². The van der Waals surface area contributed by atoms with Gasteiger partial charge in [0.2, 0.25) is 0 Å². The van der Waals surface area contributed by atoms with Crippen LogP contribution in [0, 0.1) is 0 Å². The van der Waals surface area contributed by atoms with Gasteiger partial charge in [0.1, 0.15) is 11.2 Å². The quantitative estimate of drug-likeness (QED) is 0.194. The van der Waals surface area contributed by atoms with Crippen LogP contribution < -0.4 is 0 Å². The number of hydrogen-bond acceptors (Lipinski definition) is 1. The largest absolute Gasteiger partial charge is 0.456 e. The van der Waals surface area contributed by atoms with Crippen molar-refractivity contribution in [1.29, 1.82) is 0 Å². The molecule has 3 nitrogen and oxygen atoms in total. The van der Waals surface area contributed by atoms with Crippen LogP contribution in [0.4, 0.5) is 0 Å². The Hall–Kier alpha value is -6.32. The van der Waals surface area contributed by atoms with Gasteiger partial charge in [-0.25, -0.2) is 0 Å². The SMILES string of the molecule is c1ccc(-n2c3cc4c(cc3c3c5ccccc5ccc32)c2ccccc2n4-c2ccc3oc4cc5ccccc5cc4c3c2)cc1. The Balaban J connectivity index is 1.28. The van der Waals surface area contributed by atoms with Crippen LogP contribution in [0.25, 0.3) is 98.5 Å². The van der Waals surface area contributed by atoms with Gasteiger partial charge in [-0.15, -0.1) is 0 Å². The molecule has 0 saturated heterocycles. The van der Waals surface area contributed by atoms with E-state index in [1.54, 1.807) is 0 Å². The summed E-state index contributed by atoms with van der Waals surface area (Å²) in [4.78, 5) is 0. The van der Waals surface area contributed by atoms with E-state index in [1.165, 1.54) is 65.2 Å². The summed E-state index contributed by atoms with van der Waals surface area (Å²) in [6.45, 7) is 0. The Kier molecular flexibility index (Phi) is 4.84. The Morgan fingerprint density at radius 2 is 1.00 bits per heavy atom. The van der Waals surface area contributed by atoms with Crippen LogP contribution in [0.15, 0.2) is 162 Å². The number of aromatic nitrogens is 2. The fourth-order valence-corrected chi connectivity index (χ4v) is 7.97. The first-order chi connectivity index (χ1) is 23.3. The van der Waals surface area contributed by atoms with Crippen LogP contribution in [0.1, 0.15) is 0 Å². The van der Waals surface area contributed by atoms with E-state index in [9.17, 15) is 0 Å². The summed E-state index contributed by atoms with van der Waals surface area (Å²) in [7, 11) is 0. The molecule has 0 N–H and O–H groups in total. The number of para-hydroxylation sites is 2. The van der Waals surface area contributed by atoms with Crippen molar-refractivity contribution in [3.8, 4) is 11.4 Å². The van der Waals surface area contributed by atoms with E-state index in [0.717, 1.165) is 33.3 Å². The van der Waals surface area contributed by atoms with Gasteiger partial charge in [-0.05, 0) is 88.3 Å². The molecule has 0 aliphatic carbocycles. The van der Waals surface area contributed by atoms with Gasteiger partial charge in [0.15, 0.2) is 0 Å². The smallest absolute Gasteiger partial charge is 0.136 e. The zero-order valence-electron chi connectivity index (χ0n) is 25.3. The lowest BCUT2D eigenvalue weighted by molar-refractivity contribution is 0.669. The number of furan rings is 1. The summed E-state index contributed by atoms with van der Waals surface area (Å²) in [6, 6.07) is 57.2. The molecule has 3 heterocycles. The molecule has 11 rings (SSSR count). The summed E-state index contributed by atoms with van der Waals surface area (Å²) in [5, 5.41) is 12.2. The zero-order valence-corrected chi connectivity index (χ0v) is 25.3. The lowest BCUT2D eigenvalue weighted by atomic mass is 10.0. The number of rotatable bonds is 2. The first kappa shape index (κ1) is 24.9. The second kappa shape index (κ2) is 9.12. The summed E-state index contributed by atoms with van der Waals surface area (Å²) in [5.74, 6) is 0. The van der Waals surface area contributed by atoms with Gasteiger partial charge in [-0.2, -0.15) is 0 Å². The molecule has 0 bridgehead atoms. The molecule has 218 valence electrons. The molecule has 0 spiro atoms. The van der Waals surface area contributed by atoms with Crippen LogP contribution in [-0.4, -0.2) is 9.13 Å². The van der Waals surface area contributed by atoms with E-state index in [-0.39, 0.29) is 0 Å². The molecule has 0 unspecified atom stereocenters. The summed E-state index contributed by atoms with van der Waals surface area (Å²) >= 11 is 0. The molecule has 3 heteroatoms. The van der Waals surface area contributed by atoms with Crippen LogP contribution >= 0.6 is 0 Å². The lowest BCUT2D eigenvalue weighted by Gasteiger charge is -2.10. The number of nitrogens with zero attached hydrogens (tertiary/aromatic N) is 2. The maximum atomic E-state index is 6.39. The molecular weight excluding hydrogens is 572 g/mol. The minimum Gasteiger partial charge on any atom is -0.456 e. The zero-order chi connectivity index (χ0) is 30.6. The third kappa shape index (κ3) is 3.40. The third-order valence-electron chi connectivity index (χ3n) is 10.0. The second-order valence-electron chi connectivity index (χ2n) is 12.6. The highest BCUT2D eigenvalue weighted by Crippen LogP contribution is 2.42. The molecule has 47 heavy (non-hydrogen) atoms. The van der Waals surface area contributed by atoms with Crippen molar-refractivity contribution >= 4 is 87.1 Å². The predicted octanol–water partition coefficient (Wildman–Crippen LogP) is 12.1. The monoisotopic (exact) mass is 598 g/mol. The van der Waals surface area contributed by atoms with Crippen LogP contribution in [0.2, 0.25) is 0 Å². The standard InChI is InChI=1S/C44H26N2O/c1-2-13-30(14-3-1)45-39-20-18-27-10-6-7-15-32(27)44(39)37-25-34-33-16-8-9-17-38(33)46(40(34)26-41(37)45)31-19-21-42-36(24-31)35-22-28-11-4-5-12-29(28)23-43(35)47-42/h1-26H. The van der Waals surface area contributed by atoms with E-state index in [4.69, 9.17) is 4.42 Å². The molecule has 0 radical (unpaired) electrons. The van der Waals surface area contributed by atoms with Gasteiger partial charge in [0.05, 0.1) is 22.1 Å². The van der Waals surface area contributed by atoms with Crippen LogP contribution in [0.5, 0.6) is 0 Å². The van der Waals surface area contributed by atoms with E-state index in [2.05, 4.69) is 167 Å². The molecule has 0 saturated carbocycles. The minimum atomic E-state index is 0.901. The van der Waals surface area contributed by atoms with E-state index in [1.807, 2.05) is 0 Å². The van der Waals surface area contributed by atoms with Gasteiger partial charge in [0.25, 0.3) is 0 Å². The highest BCUT2D eigenvalue weighted by atomic mass is 16.3.